The van der Waals surface area contributed by atoms with E-state index in [4.69, 9.17) is 5.26 Å². The number of fused-ring (bicyclic) bond motifs is 1. The summed E-state index contributed by atoms with van der Waals surface area (Å²) in [5.41, 5.74) is 2.54. The van der Waals surface area contributed by atoms with Crippen molar-refractivity contribution in [2.45, 2.75) is 19.3 Å². The van der Waals surface area contributed by atoms with E-state index in [0.29, 0.717) is 0 Å². The molecule has 1 aliphatic rings. The highest BCUT2D eigenvalue weighted by Gasteiger charge is 2.14. The molecule has 0 spiro atoms. The fraction of sp³-hybridized carbons (Fsp3) is 0.300. The third kappa shape index (κ3) is 1.17. The van der Waals surface area contributed by atoms with E-state index in [2.05, 4.69) is 17.5 Å². The molecule has 0 bridgehead atoms. The minimum absolute atomic E-state index is 1.07. The SMILES string of the molecule is N#C/C=C1/CCCc2sccc21. The van der Waals surface area contributed by atoms with E-state index in [1.165, 1.54) is 28.9 Å². The Morgan fingerprint density at radius 2 is 2.42 bits per heavy atom. The summed E-state index contributed by atoms with van der Waals surface area (Å²) >= 11 is 1.80. The van der Waals surface area contributed by atoms with Gasteiger partial charge in [-0.1, -0.05) is 0 Å². The standard InChI is InChI=1S/C10H9NS/c11-6-4-8-2-1-3-10-9(8)5-7-12-10/h4-5,7H,1-3H2/b8-4-. The van der Waals surface area contributed by atoms with Gasteiger partial charge >= 0.3 is 0 Å². The molecule has 1 aromatic rings. The Labute approximate surface area is 76.0 Å². The van der Waals surface area contributed by atoms with Crippen molar-refractivity contribution in [2.75, 3.05) is 0 Å². The summed E-state index contributed by atoms with van der Waals surface area (Å²) in [5, 5.41) is 10.7. The topological polar surface area (TPSA) is 23.8 Å². The number of hydrogen-bond donors (Lipinski definition) is 0. The zero-order valence-electron chi connectivity index (χ0n) is 6.71. The molecule has 0 fully saturated rings. The number of thiophene rings is 1. The van der Waals surface area contributed by atoms with Crippen molar-refractivity contribution in [1.82, 2.24) is 0 Å². The van der Waals surface area contributed by atoms with E-state index >= 15 is 0 Å². The van der Waals surface area contributed by atoms with Crippen LogP contribution in [0.3, 0.4) is 0 Å². The average molecular weight is 175 g/mol. The molecule has 0 aliphatic heterocycles. The van der Waals surface area contributed by atoms with Gasteiger partial charge in [-0.2, -0.15) is 5.26 Å². The molecule has 0 saturated heterocycles. The Balaban J connectivity index is 2.46. The first-order valence-corrected chi connectivity index (χ1v) is 4.95. The van der Waals surface area contributed by atoms with E-state index in [1.54, 1.807) is 17.4 Å². The third-order valence-corrected chi connectivity index (χ3v) is 3.16. The lowest BCUT2D eigenvalue weighted by atomic mass is 9.93. The summed E-state index contributed by atoms with van der Waals surface area (Å²) in [4.78, 5) is 1.45. The van der Waals surface area contributed by atoms with Crippen LogP contribution in [-0.4, -0.2) is 0 Å². The van der Waals surface area contributed by atoms with Gasteiger partial charge in [0.1, 0.15) is 0 Å². The monoisotopic (exact) mass is 175 g/mol. The molecule has 0 unspecified atom stereocenters. The van der Waals surface area contributed by atoms with Gasteiger partial charge in [0.25, 0.3) is 0 Å². The van der Waals surface area contributed by atoms with Gasteiger partial charge in [-0.15, -0.1) is 11.3 Å². The summed E-state index contributed by atoms with van der Waals surface area (Å²) in [6.07, 6.45) is 5.14. The lowest BCUT2D eigenvalue weighted by Gasteiger charge is -2.13. The van der Waals surface area contributed by atoms with Crippen LogP contribution in [0.25, 0.3) is 5.57 Å². The third-order valence-electron chi connectivity index (χ3n) is 2.18. The van der Waals surface area contributed by atoms with Crippen LogP contribution >= 0.6 is 11.3 Å². The van der Waals surface area contributed by atoms with Crippen molar-refractivity contribution in [3.05, 3.63) is 28.0 Å². The van der Waals surface area contributed by atoms with Crippen molar-refractivity contribution < 1.29 is 0 Å². The number of hydrogen-bond acceptors (Lipinski definition) is 2. The van der Waals surface area contributed by atoms with Crippen LogP contribution in [0.4, 0.5) is 0 Å². The molecular weight excluding hydrogens is 166 g/mol. The van der Waals surface area contributed by atoms with E-state index < -0.39 is 0 Å². The Morgan fingerprint density at radius 3 is 3.25 bits per heavy atom. The first-order valence-electron chi connectivity index (χ1n) is 4.07. The Hall–Kier alpha value is -1.07. The zero-order chi connectivity index (χ0) is 8.39. The van der Waals surface area contributed by atoms with Gasteiger partial charge in [0.15, 0.2) is 0 Å². The van der Waals surface area contributed by atoms with Gasteiger partial charge < -0.3 is 0 Å². The number of nitriles is 1. The number of allylic oxidation sites excluding steroid dienone is 2. The van der Waals surface area contributed by atoms with Gasteiger partial charge in [-0.05, 0) is 41.8 Å². The van der Waals surface area contributed by atoms with Crippen LogP contribution < -0.4 is 0 Å². The second kappa shape index (κ2) is 3.12. The van der Waals surface area contributed by atoms with Gasteiger partial charge in [-0.3, -0.25) is 0 Å². The van der Waals surface area contributed by atoms with E-state index in [-0.39, 0.29) is 0 Å². The Kier molecular flexibility index (Phi) is 1.97. The largest absolute Gasteiger partial charge is 0.193 e. The van der Waals surface area contributed by atoms with Crippen molar-refractivity contribution in [3.63, 3.8) is 0 Å². The molecule has 1 aromatic heterocycles. The molecule has 0 N–H and O–H groups in total. The van der Waals surface area contributed by atoms with Crippen LogP contribution in [0.15, 0.2) is 17.5 Å². The van der Waals surface area contributed by atoms with Crippen molar-refractivity contribution in [3.8, 4) is 6.07 Å². The van der Waals surface area contributed by atoms with E-state index in [1.807, 2.05) is 0 Å². The molecule has 2 rings (SSSR count). The highest BCUT2D eigenvalue weighted by Crippen LogP contribution is 2.33. The molecule has 1 heterocycles. The molecule has 0 atom stereocenters. The second-order valence-electron chi connectivity index (χ2n) is 2.91. The molecule has 2 heteroatoms. The lowest BCUT2D eigenvalue weighted by molar-refractivity contribution is 0.838. The summed E-state index contributed by atoms with van der Waals surface area (Å²) in [6.45, 7) is 0. The Bertz CT molecular complexity index is 354. The number of aryl methyl sites for hydroxylation is 1. The molecule has 12 heavy (non-hydrogen) atoms. The van der Waals surface area contributed by atoms with Gasteiger partial charge in [-0.25, -0.2) is 0 Å². The second-order valence-corrected chi connectivity index (χ2v) is 3.91. The van der Waals surface area contributed by atoms with Crippen molar-refractivity contribution in [1.29, 1.82) is 5.26 Å². The maximum Gasteiger partial charge on any atom is 0.0915 e. The molecule has 0 aromatic carbocycles. The van der Waals surface area contributed by atoms with Crippen LogP contribution in [0.2, 0.25) is 0 Å². The maximum absolute atomic E-state index is 8.56. The molecular formula is C10H9NS. The summed E-state index contributed by atoms with van der Waals surface area (Å²) in [5.74, 6) is 0. The maximum atomic E-state index is 8.56. The summed E-state index contributed by atoms with van der Waals surface area (Å²) in [7, 11) is 0. The number of nitrogens with zero attached hydrogens (tertiary/aromatic N) is 1. The highest BCUT2D eigenvalue weighted by molar-refractivity contribution is 7.10. The quantitative estimate of drug-likeness (QED) is 0.556. The first-order chi connectivity index (χ1) is 5.92. The predicted molar refractivity (Wildman–Crippen MR) is 50.8 cm³/mol. The van der Waals surface area contributed by atoms with Crippen molar-refractivity contribution in [2.24, 2.45) is 0 Å². The fourth-order valence-electron chi connectivity index (χ4n) is 1.62. The molecule has 0 saturated carbocycles. The Morgan fingerprint density at radius 1 is 1.50 bits per heavy atom. The molecule has 1 nitrogen and oxygen atoms in total. The van der Waals surface area contributed by atoms with Crippen LogP contribution in [-0.2, 0) is 6.42 Å². The minimum atomic E-state index is 1.07. The normalized spacial score (nSPS) is 18.8. The molecule has 1 aliphatic carbocycles. The van der Waals surface area contributed by atoms with E-state index in [9.17, 15) is 0 Å². The molecule has 0 amide bonds. The van der Waals surface area contributed by atoms with Crippen LogP contribution in [0, 0.1) is 11.3 Å². The zero-order valence-corrected chi connectivity index (χ0v) is 7.53. The fourth-order valence-corrected chi connectivity index (χ4v) is 2.58. The highest BCUT2D eigenvalue weighted by atomic mass is 32.1. The van der Waals surface area contributed by atoms with Gasteiger partial charge in [0.2, 0.25) is 0 Å². The lowest BCUT2D eigenvalue weighted by Crippen LogP contribution is -1.96. The minimum Gasteiger partial charge on any atom is -0.193 e. The van der Waals surface area contributed by atoms with Gasteiger partial charge in [0.05, 0.1) is 6.07 Å². The van der Waals surface area contributed by atoms with Crippen molar-refractivity contribution >= 4 is 16.9 Å². The average Bonchev–Trinajstić information content (AvgIpc) is 2.53. The summed E-state index contributed by atoms with van der Waals surface area (Å²) < 4.78 is 0. The van der Waals surface area contributed by atoms with E-state index in [0.717, 1.165) is 6.42 Å². The molecule has 0 radical (unpaired) electrons. The molecule has 60 valence electrons. The van der Waals surface area contributed by atoms with Gasteiger partial charge in [0, 0.05) is 11.0 Å². The van der Waals surface area contributed by atoms with Crippen LogP contribution in [0.1, 0.15) is 23.3 Å². The first kappa shape index (κ1) is 7.57. The summed E-state index contributed by atoms with van der Waals surface area (Å²) in [6, 6.07) is 4.24. The smallest absolute Gasteiger partial charge is 0.0915 e. The predicted octanol–water partition coefficient (Wildman–Crippen LogP) is 2.99. The number of rotatable bonds is 0. The van der Waals surface area contributed by atoms with Crippen LogP contribution in [0.5, 0.6) is 0 Å².